The number of esters is 1. The van der Waals surface area contributed by atoms with Gasteiger partial charge in [-0.15, -0.1) is 0 Å². The summed E-state index contributed by atoms with van der Waals surface area (Å²) in [6, 6.07) is 8.55. The molecule has 0 radical (unpaired) electrons. The fraction of sp³-hybridized carbons (Fsp3) is 0.528. The first-order valence-corrected chi connectivity index (χ1v) is 16.3. The van der Waals surface area contributed by atoms with Gasteiger partial charge in [-0.3, -0.25) is 4.79 Å². The highest BCUT2D eigenvalue weighted by Gasteiger charge is 2.65. The fourth-order valence-electron chi connectivity index (χ4n) is 10.7. The molecule has 3 N–H and O–H groups in total. The fourth-order valence-corrected chi connectivity index (χ4v) is 10.7. The van der Waals surface area contributed by atoms with Gasteiger partial charge in [0.15, 0.2) is 23.0 Å². The number of likely N-dealkylation sites (tertiary alicyclic amines) is 2. The number of hydrogen-bond donors (Lipinski definition) is 3. The zero-order valence-electron chi connectivity index (χ0n) is 25.8. The van der Waals surface area contributed by atoms with Gasteiger partial charge in [0, 0.05) is 52.8 Å². The molecule has 4 aliphatic carbocycles. The predicted octanol–water partition coefficient (Wildman–Crippen LogP) is 2.62. The van der Waals surface area contributed by atoms with E-state index in [9.17, 15) is 20.1 Å². The second kappa shape index (κ2) is 9.35. The number of hydrogen-bond acceptors (Lipinski definition) is 9. The number of ether oxygens (including phenoxy) is 3. The molecular formula is C36H40N2O7. The van der Waals surface area contributed by atoms with E-state index in [4.69, 9.17) is 14.2 Å². The number of rotatable bonds is 1. The minimum Gasteiger partial charge on any atom is -0.504 e. The highest BCUT2D eigenvalue weighted by atomic mass is 16.6. The molecule has 4 aliphatic heterocycles. The van der Waals surface area contributed by atoms with Gasteiger partial charge in [-0.05, 0) is 76.1 Å². The molecule has 4 heterocycles. The van der Waals surface area contributed by atoms with Crippen LogP contribution in [0.15, 0.2) is 48.6 Å². The molecule has 0 amide bonds. The monoisotopic (exact) mass is 612 g/mol. The van der Waals surface area contributed by atoms with Crippen LogP contribution in [0.25, 0.3) is 0 Å². The lowest BCUT2D eigenvalue weighted by Gasteiger charge is -2.56. The highest BCUT2D eigenvalue weighted by Crippen LogP contribution is 2.64. The van der Waals surface area contributed by atoms with E-state index in [-0.39, 0.29) is 34.8 Å². The normalized spacial score (nSPS) is 40.4. The smallest absolute Gasteiger partial charge is 0.308 e. The van der Waals surface area contributed by atoms with Crippen molar-refractivity contribution >= 4 is 5.97 Å². The molecule has 236 valence electrons. The SMILES string of the molecule is CC(=O)Oc1ccc2c3c1O[C@H]1[C@@H](O)C=C[C@H]4[C@@H](C2)N(C)CC[C@@]341.CN1CC[C@]23c4c5ccc(O)c4O[C@H]2[C@@H](O)C=C[C@H]3[C@H]1C5. The number of benzene rings is 2. The summed E-state index contributed by atoms with van der Waals surface area (Å²) in [6.45, 7) is 3.39. The molecule has 8 aliphatic rings. The van der Waals surface area contributed by atoms with Crippen molar-refractivity contribution in [1.29, 1.82) is 0 Å². The maximum absolute atomic E-state index is 11.5. The van der Waals surface area contributed by atoms with E-state index < -0.39 is 12.2 Å². The Morgan fingerprint density at radius 1 is 0.800 bits per heavy atom. The lowest BCUT2D eigenvalue weighted by molar-refractivity contribution is -0.132. The molecule has 45 heavy (non-hydrogen) atoms. The van der Waals surface area contributed by atoms with Gasteiger partial charge in [0.05, 0.1) is 0 Å². The number of carbonyl (C=O) groups is 1. The third-order valence-electron chi connectivity index (χ3n) is 12.5. The molecular weight excluding hydrogens is 572 g/mol. The Balaban J connectivity index is 0.000000126. The Hall–Kier alpha value is -3.37. The van der Waals surface area contributed by atoms with Crippen molar-refractivity contribution in [1.82, 2.24) is 9.80 Å². The summed E-state index contributed by atoms with van der Waals surface area (Å²) < 4.78 is 17.7. The van der Waals surface area contributed by atoms with Crippen molar-refractivity contribution in [2.75, 3.05) is 27.2 Å². The quantitative estimate of drug-likeness (QED) is 0.254. The van der Waals surface area contributed by atoms with Gasteiger partial charge in [0.2, 0.25) is 0 Å². The summed E-state index contributed by atoms with van der Waals surface area (Å²) in [4.78, 5) is 16.3. The molecule has 10 atom stereocenters. The first-order chi connectivity index (χ1) is 21.6. The number of phenolic OH excluding ortho intramolecular Hbond substituents is 1. The van der Waals surface area contributed by atoms with Crippen LogP contribution in [0, 0.1) is 11.8 Å². The third-order valence-corrected chi connectivity index (χ3v) is 12.5. The number of aliphatic hydroxyl groups is 2. The summed E-state index contributed by atoms with van der Waals surface area (Å²) in [5, 5.41) is 31.2. The number of carbonyl (C=O) groups excluding carboxylic acids is 1. The summed E-state index contributed by atoms with van der Waals surface area (Å²) in [5.41, 5.74) is 4.52. The molecule has 9 heteroatoms. The maximum Gasteiger partial charge on any atom is 0.308 e. The van der Waals surface area contributed by atoms with E-state index in [1.54, 1.807) is 6.07 Å². The van der Waals surface area contributed by atoms with Gasteiger partial charge in [-0.2, -0.15) is 0 Å². The number of nitrogens with zero attached hydrogens (tertiary/aromatic N) is 2. The molecule has 0 unspecified atom stereocenters. The van der Waals surface area contributed by atoms with Crippen LogP contribution < -0.4 is 14.2 Å². The van der Waals surface area contributed by atoms with Crippen LogP contribution in [0.2, 0.25) is 0 Å². The molecule has 9 nitrogen and oxygen atoms in total. The first kappa shape index (κ1) is 27.9. The van der Waals surface area contributed by atoms with Gasteiger partial charge in [-0.25, -0.2) is 0 Å². The Morgan fingerprint density at radius 2 is 1.31 bits per heavy atom. The lowest BCUT2D eigenvalue weighted by atomic mass is 9.53. The molecule has 0 saturated carbocycles. The van der Waals surface area contributed by atoms with Crippen LogP contribution in [0.4, 0.5) is 0 Å². The molecule has 2 spiro atoms. The first-order valence-electron chi connectivity index (χ1n) is 16.3. The number of phenols is 1. The lowest BCUT2D eigenvalue weighted by Crippen LogP contribution is -2.64. The van der Waals surface area contributed by atoms with Crippen LogP contribution in [-0.2, 0) is 28.5 Å². The van der Waals surface area contributed by atoms with Crippen LogP contribution >= 0.6 is 0 Å². The summed E-state index contributed by atoms with van der Waals surface area (Å²) in [5.74, 6) is 2.31. The zero-order chi connectivity index (χ0) is 31.0. The van der Waals surface area contributed by atoms with E-state index in [0.717, 1.165) is 38.8 Å². The van der Waals surface area contributed by atoms with Crippen molar-refractivity contribution in [3.8, 4) is 23.0 Å². The number of aromatic hydroxyl groups is 1. The molecule has 2 fully saturated rings. The largest absolute Gasteiger partial charge is 0.504 e. The Morgan fingerprint density at radius 3 is 1.87 bits per heavy atom. The molecule has 2 saturated heterocycles. The maximum atomic E-state index is 11.5. The number of piperidine rings is 2. The van der Waals surface area contributed by atoms with E-state index in [0.29, 0.717) is 41.2 Å². The average molecular weight is 613 g/mol. The second-order valence-corrected chi connectivity index (χ2v) is 14.4. The molecule has 2 aromatic carbocycles. The van der Waals surface area contributed by atoms with E-state index in [2.05, 4.69) is 42.1 Å². The van der Waals surface area contributed by atoms with Gasteiger partial charge < -0.3 is 39.3 Å². The van der Waals surface area contributed by atoms with Crippen molar-refractivity contribution in [2.45, 2.75) is 79.9 Å². The zero-order valence-corrected chi connectivity index (χ0v) is 25.8. The average Bonchev–Trinajstić information content (AvgIpc) is 3.56. The second-order valence-electron chi connectivity index (χ2n) is 14.4. The summed E-state index contributed by atoms with van der Waals surface area (Å²) in [6.07, 6.45) is 10.2. The minimum atomic E-state index is -0.631. The third kappa shape index (κ3) is 3.45. The summed E-state index contributed by atoms with van der Waals surface area (Å²) in [7, 11) is 4.37. The van der Waals surface area contributed by atoms with E-state index in [1.165, 1.54) is 29.2 Å². The van der Waals surface area contributed by atoms with Crippen LogP contribution in [0.5, 0.6) is 23.0 Å². The topological polar surface area (TPSA) is 112 Å². The van der Waals surface area contributed by atoms with Gasteiger partial charge in [0.1, 0.15) is 24.4 Å². The van der Waals surface area contributed by atoms with E-state index >= 15 is 0 Å². The van der Waals surface area contributed by atoms with E-state index in [1.807, 2.05) is 24.3 Å². The molecule has 0 aromatic heterocycles. The molecule has 2 aromatic rings. The summed E-state index contributed by atoms with van der Waals surface area (Å²) >= 11 is 0. The Kier molecular flexibility index (Phi) is 5.79. The Bertz CT molecular complexity index is 1690. The predicted molar refractivity (Wildman–Crippen MR) is 165 cm³/mol. The molecule has 10 rings (SSSR count). The van der Waals surface area contributed by atoms with Crippen LogP contribution in [-0.4, -0.2) is 94.8 Å². The Labute approximate surface area is 262 Å². The highest BCUT2D eigenvalue weighted by molar-refractivity contribution is 5.72. The molecule has 4 bridgehead atoms. The van der Waals surface area contributed by atoms with Crippen LogP contribution in [0.1, 0.15) is 42.0 Å². The van der Waals surface area contributed by atoms with Crippen molar-refractivity contribution in [3.05, 3.63) is 70.8 Å². The minimum absolute atomic E-state index is 0.160. The van der Waals surface area contributed by atoms with Gasteiger partial charge >= 0.3 is 5.97 Å². The number of likely N-dealkylation sites (N-methyl/N-ethyl adjacent to an activating group) is 2. The standard InChI is InChI=1S/C19H21NO4.C17H19NO3/c1-10(21)23-15-6-3-11-9-13-12-4-5-14(22)18-19(12,7-8-20(13)2)16(11)17(15)24-18;1-18-7-6-17-10-3-5-13(20)16(17)21-15-12(19)4-2-9(14(15)17)8-11(10)18/h3-6,12-14,18,22H,7-9H2,1-2H3;2-5,10-11,13,16,19-20H,6-8H2,1H3/t12-,13+,14-,18-,19-;10-,11+,13-,16-,17-/m00/s1. The van der Waals surface area contributed by atoms with Gasteiger partial charge in [-0.1, -0.05) is 36.4 Å². The van der Waals surface area contributed by atoms with Crippen molar-refractivity contribution in [2.24, 2.45) is 11.8 Å². The van der Waals surface area contributed by atoms with Crippen LogP contribution in [0.3, 0.4) is 0 Å². The van der Waals surface area contributed by atoms with Gasteiger partial charge in [0.25, 0.3) is 0 Å². The van der Waals surface area contributed by atoms with Crippen molar-refractivity contribution < 1.29 is 34.3 Å². The number of aliphatic hydroxyl groups excluding tert-OH is 2. The van der Waals surface area contributed by atoms with Crippen molar-refractivity contribution in [3.63, 3.8) is 0 Å².